The van der Waals surface area contributed by atoms with Crippen molar-refractivity contribution in [2.45, 2.75) is 39.7 Å². The van der Waals surface area contributed by atoms with Crippen LogP contribution in [0.3, 0.4) is 0 Å². The van der Waals surface area contributed by atoms with Gasteiger partial charge in [-0.2, -0.15) is 5.10 Å². The molecule has 1 atom stereocenters. The van der Waals surface area contributed by atoms with Gasteiger partial charge in [0.2, 0.25) is 5.91 Å². The average molecular weight is 341 g/mol. The van der Waals surface area contributed by atoms with Crippen LogP contribution < -0.4 is 5.32 Å². The molecule has 25 heavy (non-hydrogen) atoms. The minimum absolute atomic E-state index is 0.121. The van der Waals surface area contributed by atoms with Crippen molar-refractivity contribution in [3.05, 3.63) is 42.0 Å². The second-order valence-electron chi connectivity index (χ2n) is 6.83. The average Bonchev–Trinajstić information content (AvgIpc) is 3.14. The first-order valence-corrected chi connectivity index (χ1v) is 9.12. The Balaban J connectivity index is 1.62. The van der Waals surface area contributed by atoms with Gasteiger partial charge in [-0.25, -0.2) is 9.67 Å². The van der Waals surface area contributed by atoms with Gasteiger partial charge in [0.25, 0.3) is 0 Å². The lowest BCUT2D eigenvalue weighted by molar-refractivity contribution is -0.126. The molecule has 0 radical (unpaired) electrons. The summed E-state index contributed by atoms with van der Waals surface area (Å²) in [7, 11) is 0. The van der Waals surface area contributed by atoms with Gasteiger partial charge in [-0.05, 0) is 49.9 Å². The zero-order chi connectivity index (χ0) is 17.6. The van der Waals surface area contributed by atoms with Crippen molar-refractivity contribution >= 4 is 5.91 Å². The van der Waals surface area contributed by atoms with Gasteiger partial charge in [-0.1, -0.05) is 19.1 Å². The molecule has 0 spiro atoms. The summed E-state index contributed by atoms with van der Waals surface area (Å²) in [6.07, 6.45) is 6.33. The Morgan fingerprint density at radius 2 is 2.28 bits per heavy atom. The minimum atomic E-state index is 0.121. The minimum Gasteiger partial charge on any atom is -0.356 e. The van der Waals surface area contributed by atoms with Crippen LogP contribution in [-0.2, 0) is 11.3 Å². The van der Waals surface area contributed by atoms with Crippen molar-refractivity contribution in [1.82, 2.24) is 25.0 Å². The third-order valence-electron chi connectivity index (χ3n) is 4.76. The number of aryl methyl sites for hydroxylation is 1. The van der Waals surface area contributed by atoms with Crippen LogP contribution in [0.2, 0.25) is 0 Å². The zero-order valence-corrected chi connectivity index (χ0v) is 15.1. The van der Waals surface area contributed by atoms with E-state index in [2.05, 4.69) is 52.3 Å². The van der Waals surface area contributed by atoms with Crippen LogP contribution in [0.1, 0.15) is 37.3 Å². The third kappa shape index (κ3) is 4.45. The Kier molecular flexibility index (Phi) is 5.81. The molecule has 0 bridgehead atoms. The van der Waals surface area contributed by atoms with Crippen LogP contribution in [0.4, 0.5) is 0 Å². The van der Waals surface area contributed by atoms with Crippen LogP contribution in [0.5, 0.6) is 0 Å². The lowest BCUT2D eigenvalue weighted by Gasteiger charge is -2.32. The zero-order valence-electron chi connectivity index (χ0n) is 15.1. The first-order valence-electron chi connectivity index (χ1n) is 9.12. The number of likely N-dealkylation sites (tertiary alicyclic amines) is 1. The molecular weight excluding hydrogens is 314 g/mol. The van der Waals surface area contributed by atoms with Crippen LogP contribution in [0.25, 0.3) is 5.69 Å². The number of carbonyl (C=O) groups excluding carboxylic acids is 1. The predicted octanol–water partition coefficient (Wildman–Crippen LogP) is 2.31. The number of nitrogens with zero attached hydrogens (tertiary/aromatic N) is 4. The molecule has 1 aliphatic heterocycles. The summed E-state index contributed by atoms with van der Waals surface area (Å²) >= 11 is 0. The Morgan fingerprint density at radius 3 is 3.00 bits per heavy atom. The summed E-state index contributed by atoms with van der Waals surface area (Å²) in [5.74, 6) is 0.333. The standard InChI is InChI=1S/C19H27N5O/c1-3-8-21-19(25)17-5-4-9-23(12-17)11-16-6-7-18(15(2)10-16)24-14-20-13-22-24/h6-7,10,13-14,17H,3-5,8-9,11-12H2,1-2H3,(H,21,25). The number of benzene rings is 1. The fourth-order valence-electron chi connectivity index (χ4n) is 3.47. The quantitative estimate of drug-likeness (QED) is 0.876. The fourth-order valence-corrected chi connectivity index (χ4v) is 3.47. The number of hydrogen-bond acceptors (Lipinski definition) is 4. The Morgan fingerprint density at radius 1 is 1.40 bits per heavy atom. The predicted molar refractivity (Wildman–Crippen MR) is 97.4 cm³/mol. The van der Waals surface area contributed by atoms with E-state index in [1.165, 1.54) is 11.1 Å². The topological polar surface area (TPSA) is 63.1 Å². The van der Waals surface area contributed by atoms with Crippen molar-refractivity contribution in [3.63, 3.8) is 0 Å². The van der Waals surface area contributed by atoms with Crippen molar-refractivity contribution < 1.29 is 4.79 Å². The third-order valence-corrected chi connectivity index (χ3v) is 4.76. The Hall–Kier alpha value is -2.21. The summed E-state index contributed by atoms with van der Waals surface area (Å²) in [6.45, 7) is 7.74. The molecule has 1 saturated heterocycles. The SMILES string of the molecule is CCCNC(=O)C1CCCN(Cc2ccc(-n3cncn3)c(C)c2)C1. The van der Waals surface area contributed by atoms with Crippen LogP contribution in [0.15, 0.2) is 30.9 Å². The van der Waals surface area contributed by atoms with E-state index < -0.39 is 0 Å². The van der Waals surface area contributed by atoms with Gasteiger partial charge in [-0.15, -0.1) is 0 Å². The summed E-state index contributed by atoms with van der Waals surface area (Å²) in [5.41, 5.74) is 3.50. The van der Waals surface area contributed by atoms with Crippen LogP contribution in [0, 0.1) is 12.8 Å². The van der Waals surface area contributed by atoms with E-state index in [1.807, 2.05) is 0 Å². The molecule has 2 aromatic rings. The number of hydrogen-bond donors (Lipinski definition) is 1. The maximum Gasteiger partial charge on any atom is 0.224 e. The summed E-state index contributed by atoms with van der Waals surface area (Å²) < 4.78 is 1.79. The second-order valence-corrected chi connectivity index (χ2v) is 6.83. The van der Waals surface area contributed by atoms with Gasteiger partial charge in [-0.3, -0.25) is 9.69 Å². The van der Waals surface area contributed by atoms with E-state index in [4.69, 9.17) is 0 Å². The van der Waals surface area contributed by atoms with Gasteiger partial charge >= 0.3 is 0 Å². The molecule has 1 fully saturated rings. The molecule has 6 heteroatoms. The Labute approximate surface area is 149 Å². The van der Waals surface area contributed by atoms with E-state index in [-0.39, 0.29) is 11.8 Å². The lowest BCUT2D eigenvalue weighted by Crippen LogP contribution is -2.42. The van der Waals surface area contributed by atoms with Gasteiger partial charge in [0.15, 0.2) is 0 Å². The molecule has 1 amide bonds. The van der Waals surface area contributed by atoms with Crippen LogP contribution >= 0.6 is 0 Å². The number of aromatic nitrogens is 3. The number of nitrogens with one attached hydrogen (secondary N) is 1. The molecule has 1 unspecified atom stereocenters. The largest absolute Gasteiger partial charge is 0.356 e. The van der Waals surface area contributed by atoms with Crippen molar-refractivity contribution in [2.75, 3.05) is 19.6 Å². The van der Waals surface area contributed by atoms with E-state index in [0.29, 0.717) is 0 Å². The van der Waals surface area contributed by atoms with E-state index in [0.717, 1.165) is 51.1 Å². The smallest absolute Gasteiger partial charge is 0.224 e. The highest BCUT2D eigenvalue weighted by molar-refractivity contribution is 5.78. The summed E-state index contributed by atoms with van der Waals surface area (Å²) in [4.78, 5) is 18.6. The fraction of sp³-hybridized carbons (Fsp3) is 0.526. The number of piperidine rings is 1. The van der Waals surface area contributed by atoms with E-state index >= 15 is 0 Å². The monoisotopic (exact) mass is 341 g/mol. The van der Waals surface area contributed by atoms with Gasteiger partial charge < -0.3 is 5.32 Å². The molecule has 134 valence electrons. The van der Waals surface area contributed by atoms with Gasteiger partial charge in [0.05, 0.1) is 11.6 Å². The number of rotatable bonds is 6. The highest BCUT2D eigenvalue weighted by Crippen LogP contribution is 2.21. The first-order chi connectivity index (χ1) is 12.2. The first kappa shape index (κ1) is 17.6. The normalized spacial score (nSPS) is 18.2. The van der Waals surface area contributed by atoms with Crippen molar-refractivity contribution in [3.8, 4) is 5.69 Å². The Bertz CT molecular complexity index is 698. The van der Waals surface area contributed by atoms with Crippen LogP contribution in [-0.4, -0.2) is 45.2 Å². The maximum absolute atomic E-state index is 12.2. The molecule has 1 aromatic heterocycles. The van der Waals surface area contributed by atoms with Crippen molar-refractivity contribution in [2.24, 2.45) is 5.92 Å². The molecule has 1 N–H and O–H groups in total. The number of amides is 1. The highest BCUT2D eigenvalue weighted by Gasteiger charge is 2.25. The highest BCUT2D eigenvalue weighted by atomic mass is 16.1. The van der Waals surface area contributed by atoms with Gasteiger partial charge in [0.1, 0.15) is 12.7 Å². The molecule has 1 aliphatic rings. The molecular formula is C19H27N5O. The van der Waals surface area contributed by atoms with E-state index in [1.54, 1.807) is 17.3 Å². The molecule has 0 saturated carbocycles. The lowest BCUT2D eigenvalue weighted by atomic mass is 9.96. The number of carbonyl (C=O) groups is 1. The molecule has 3 rings (SSSR count). The second kappa shape index (κ2) is 8.25. The summed E-state index contributed by atoms with van der Waals surface area (Å²) in [6, 6.07) is 6.44. The molecule has 2 heterocycles. The summed E-state index contributed by atoms with van der Waals surface area (Å²) in [5, 5.41) is 7.23. The van der Waals surface area contributed by atoms with Crippen molar-refractivity contribution in [1.29, 1.82) is 0 Å². The molecule has 0 aliphatic carbocycles. The molecule has 1 aromatic carbocycles. The molecule has 6 nitrogen and oxygen atoms in total. The van der Waals surface area contributed by atoms with E-state index in [9.17, 15) is 4.79 Å². The van der Waals surface area contributed by atoms with Gasteiger partial charge in [0, 0.05) is 19.6 Å². The maximum atomic E-state index is 12.2.